The fraction of sp³-hybridized carbons (Fsp3) is 0.455. The van der Waals surface area contributed by atoms with E-state index in [0.29, 0.717) is 5.92 Å². The highest BCUT2D eigenvalue weighted by molar-refractivity contribution is 7.68. The van der Waals surface area contributed by atoms with Gasteiger partial charge in [0.05, 0.1) is 0 Å². The normalized spacial score (nSPS) is 15.4. The van der Waals surface area contributed by atoms with Gasteiger partial charge in [0, 0.05) is 18.5 Å². The smallest absolute Gasteiger partial charge is 0.173 e. The standard InChI is InChI=1S/C11H18NOP/c1-10(2)9-12-14(3,13)11-7-5-4-6-8-11/h4-8,10H,9H2,1-3H3,(H,12,13). The van der Waals surface area contributed by atoms with Crippen LogP contribution in [0, 0.1) is 5.92 Å². The lowest BCUT2D eigenvalue weighted by Crippen LogP contribution is -2.22. The Morgan fingerprint density at radius 2 is 1.86 bits per heavy atom. The third-order valence-corrected chi connectivity index (χ3v) is 4.12. The number of rotatable bonds is 4. The first kappa shape index (κ1) is 11.5. The van der Waals surface area contributed by atoms with Gasteiger partial charge in [-0.1, -0.05) is 44.2 Å². The van der Waals surface area contributed by atoms with Gasteiger partial charge in [-0.05, 0) is 5.92 Å². The first-order chi connectivity index (χ1) is 6.52. The van der Waals surface area contributed by atoms with Crippen LogP contribution < -0.4 is 10.4 Å². The van der Waals surface area contributed by atoms with Crippen LogP contribution >= 0.6 is 7.29 Å². The molecule has 1 aromatic rings. The van der Waals surface area contributed by atoms with E-state index < -0.39 is 7.29 Å². The van der Waals surface area contributed by atoms with Gasteiger partial charge in [0.15, 0.2) is 7.29 Å². The van der Waals surface area contributed by atoms with Gasteiger partial charge >= 0.3 is 0 Å². The van der Waals surface area contributed by atoms with Gasteiger partial charge in [-0.3, -0.25) is 5.09 Å². The Balaban J connectivity index is 2.71. The highest BCUT2D eigenvalue weighted by Gasteiger charge is 2.16. The van der Waals surface area contributed by atoms with E-state index in [-0.39, 0.29) is 0 Å². The van der Waals surface area contributed by atoms with Crippen molar-refractivity contribution in [2.45, 2.75) is 13.8 Å². The SMILES string of the molecule is CC(C)CNP(C)(=O)c1ccccc1. The van der Waals surface area contributed by atoms with Crippen LogP contribution in [-0.2, 0) is 4.57 Å². The predicted octanol–water partition coefficient (Wildman–Crippen LogP) is 2.47. The first-order valence-corrected chi connectivity index (χ1v) is 7.06. The maximum Gasteiger partial charge on any atom is 0.173 e. The molecule has 0 aliphatic heterocycles. The number of hydrogen-bond acceptors (Lipinski definition) is 1. The van der Waals surface area contributed by atoms with E-state index in [1.165, 1.54) is 0 Å². The molecule has 0 aliphatic rings. The molecule has 1 N–H and O–H groups in total. The molecule has 0 amide bonds. The number of benzene rings is 1. The second-order valence-electron chi connectivity index (χ2n) is 4.02. The fourth-order valence-corrected chi connectivity index (χ4v) is 2.80. The van der Waals surface area contributed by atoms with Crippen LogP contribution in [0.3, 0.4) is 0 Å². The molecule has 0 saturated heterocycles. The van der Waals surface area contributed by atoms with Crippen molar-refractivity contribution in [1.29, 1.82) is 0 Å². The van der Waals surface area contributed by atoms with Crippen molar-refractivity contribution >= 4 is 12.6 Å². The molecule has 0 spiro atoms. The summed E-state index contributed by atoms with van der Waals surface area (Å²) in [5, 5.41) is 4.03. The second-order valence-corrected chi connectivity index (χ2v) is 6.70. The van der Waals surface area contributed by atoms with Crippen LogP contribution in [0.2, 0.25) is 0 Å². The van der Waals surface area contributed by atoms with Crippen molar-refractivity contribution in [2.75, 3.05) is 13.2 Å². The van der Waals surface area contributed by atoms with Crippen LogP contribution in [0.15, 0.2) is 30.3 Å². The Hall–Kier alpha value is -0.590. The average Bonchev–Trinajstić information content (AvgIpc) is 2.16. The highest BCUT2D eigenvalue weighted by Crippen LogP contribution is 2.34. The Labute approximate surface area is 86.2 Å². The molecule has 0 radical (unpaired) electrons. The van der Waals surface area contributed by atoms with Crippen molar-refractivity contribution in [3.63, 3.8) is 0 Å². The zero-order chi connectivity index (χ0) is 10.6. The van der Waals surface area contributed by atoms with Gasteiger partial charge in [-0.15, -0.1) is 0 Å². The molecule has 1 rings (SSSR count). The van der Waals surface area contributed by atoms with Crippen molar-refractivity contribution in [3.8, 4) is 0 Å². The van der Waals surface area contributed by atoms with Crippen molar-refractivity contribution in [2.24, 2.45) is 5.92 Å². The average molecular weight is 211 g/mol. The minimum atomic E-state index is -2.35. The van der Waals surface area contributed by atoms with E-state index in [4.69, 9.17) is 0 Å². The molecule has 3 heteroatoms. The second kappa shape index (κ2) is 4.77. The third-order valence-electron chi connectivity index (χ3n) is 2.05. The summed E-state index contributed by atoms with van der Waals surface area (Å²) in [4.78, 5) is 0. The summed E-state index contributed by atoms with van der Waals surface area (Å²) in [6.45, 7) is 6.80. The summed E-state index contributed by atoms with van der Waals surface area (Å²) >= 11 is 0. The molecular weight excluding hydrogens is 193 g/mol. The molecule has 2 nitrogen and oxygen atoms in total. The van der Waals surface area contributed by atoms with Crippen molar-refractivity contribution in [3.05, 3.63) is 30.3 Å². The zero-order valence-electron chi connectivity index (χ0n) is 9.03. The molecule has 0 heterocycles. The maximum absolute atomic E-state index is 12.2. The Morgan fingerprint density at radius 1 is 1.29 bits per heavy atom. The van der Waals surface area contributed by atoms with Crippen LogP contribution in [0.25, 0.3) is 0 Å². The lowest BCUT2D eigenvalue weighted by molar-refractivity contribution is 0.560. The summed E-state index contributed by atoms with van der Waals surface area (Å²) in [5.41, 5.74) is 0. The van der Waals surface area contributed by atoms with E-state index in [1.807, 2.05) is 30.3 Å². The Morgan fingerprint density at radius 3 is 2.36 bits per heavy atom. The minimum Gasteiger partial charge on any atom is -0.302 e. The van der Waals surface area contributed by atoms with E-state index in [1.54, 1.807) is 6.66 Å². The van der Waals surface area contributed by atoms with Gasteiger partial charge in [0.25, 0.3) is 0 Å². The van der Waals surface area contributed by atoms with Crippen LogP contribution in [0.5, 0.6) is 0 Å². The molecular formula is C11H18NOP. The van der Waals surface area contributed by atoms with Gasteiger partial charge < -0.3 is 4.57 Å². The molecule has 0 saturated carbocycles. The molecule has 1 atom stereocenters. The molecule has 78 valence electrons. The topological polar surface area (TPSA) is 29.1 Å². The van der Waals surface area contributed by atoms with Crippen LogP contribution in [0.1, 0.15) is 13.8 Å². The lowest BCUT2D eigenvalue weighted by atomic mass is 10.2. The van der Waals surface area contributed by atoms with E-state index in [2.05, 4.69) is 18.9 Å². The molecule has 0 bridgehead atoms. The molecule has 0 aromatic heterocycles. The number of hydrogen-bond donors (Lipinski definition) is 1. The monoisotopic (exact) mass is 211 g/mol. The predicted molar refractivity (Wildman–Crippen MR) is 62.4 cm³/mol. The molecule has 1 aromatic carbocycles. The van der Waals surface area contributed by atoms with Gasteiger partial charge in [0.1, 0.15) is 0 Å². The van der Waals surface area contributed by atoms with E-state index in [9.17, 15) is 4.57 Å². The quantitative estimate of drug-likeness (QED) is 0.775. The summed E-state index contributed by atoms with van der Waals surface area (Å²) in [6.07, 6.45) is 0. The van der Waals surface area contributed by atoms with Crippen molar-refractivity contribution < 1.29 is 4.57 Å². The zero-order valence-corrected chi connectivity index (χ0v) is 9.92. The minimum absolute atomic E-state index is 0.520. The van der Waals surface area contributed by atoms with Crippen LogP contribution in [-0.4, -0.2) is 13.2 Å². The van der Waals surface area contributed by atoms with Gasteiger partial charge in [-0.2, -0.15) is 0 Å². The highest BCUT2D eigenvalue weighted by atomic mass is 31.2. The van der Waals surface area contributed by atoms with Gasteiger partial charge in [0.2, 0.25) is 0 Å². The fourth-order valence-electron chi connectivity index (χ4n) is 1.16. The lowest BCUT2D eigenvalue weighted by Gasteiger charge is -2.16. The van der Waals surface area contributed by atoms with Crippen LogP contribution in [0.4, 0.5) is 0 Å². The maximum atomic E-state index is 12.2. The molecule has 0 fully saturated rings. The molecule has 0 aliphatic carbocycles. The number of nitrogens with one attached hydrogen (secondary N) is 1. The van der Waals surface area contributed by atoms with E-state index in [0.717, 1.165) is 11.8 Å². The summed E-state index contributed by atoms with van der Waals surface area (Å²) in [7, 11) is -2.35. The summed E-state index contributed by atoms with van der Waals surface area (Å²) < 4.78 is 12.2. The largest absolute Gasteiger partial charge is 0.302 e. The van der Waals surface area contributed by atoms with Gasteiger partial charge in [-0.25, -0.2) is 0 Å². The summed E-state index contributed by atoms with van der Waals surface area (Å²) in [6, 6.07) is 9.60. The Bertz CT molecular complexity index is 321. The first-order valence-electron chi connectivity index (χ1n) is 4.90. The third kappa shape index (κ3) is 3.28. The van der Waals surface area contributed by atoms with E-state index >= 15 is 0 Å². The molecule has 14 heavy (non-hydrogen) atoms. The molecule has 1 unspecified atom stereocenters. The van der Waals surface area contributed by atoms with Crippen molar-refractivity contribution in [1.82, 2.24) is 5.09 Å². The Kier molecular flexibility index (Phi) is 3.91. The summed E-state index contributed by atoms with van der Waals surface area (Å²) in [5.74, 6) is 0.520.